The molecule has 4 N–H and O–H groups in total. The number of hydrogen-bond donors (Lipinski definition) is 4. The van der Waals surface area contributed by atoms with Crippen LogP contribution in [0.5, 0.6) is 11.5 Å². The van der Waals surface area contributed by atoms with E-state index in [9.17, 15) is 20.3 Å². The van der Waals surface area contributed by atoms with Crippen molar-refractivity contribution < 1.29 is 34.4 Å². The Morgan fingerprint density at radius 2 is 1.70 bits per heavy atom. The number of fused-ring (bicyclic) bond motifs is 1. The van der Waals surface area contributed by atoms with E-state index in [-0.39, 0.29) is 35.7 Å². The topological polar surface area (TPSA) is 148 Å². The number of nitrogens with zero attached hydrogens (tertiary/aromatic N) is 2. The van der Waals surface area contributed by atoms with Gasteiger partial charge < -0.3 is 24.9 Å². The number of nitrogens with one attached hydrogen (secondary N) is 1. The average Bonchev–Trinajstić information content (AvgIpc) is 2.92. The van der Waals surface area contributed by atoms with Gasteiger partial charge in [0.1, 0.15) is 17.0 Å². The van der Waals surface area contributed by atoms with Crippen molar-refractivity contribution in [3.8, 4) is 33.9 Å². The quantitative estimate of drug-likeness (QED) is 0.112. The number of aliphatic hydroxyl groups excluding tert-OH is 2. The summed E-state index contributed by atoms with van der Waals surface area (Å²) in [7, 11) is 1.39. The average molecular weight is 528 g/mol. The molecule has 0 spiro atoms. The van der Waals surface area contributed by atoms with Crippen molar-refractivity contribution in [2.24, 2.45) is 0 Å². The number of rotatable bonds is 9. The molecule has 0 bridgehead atoms. The van der Waals surface area contributed by atoms with Gasteiger partial charge in [0, 0.05) is 18.1 Å². The Labute approximate surface area is 218 Å². The van der Waals surface area contributed by atoms with Crippen LogP contribution in [0.2, 0.25) is 0 Å². The van der Waals surface area contributed by atoms with Gasteiger partial charge in [-0.2, -0.15) is 4.73 Å². The van der Waals surface area contributed by atoms with Crippen LogP contribution < -0.4 is 19.7 Å². The Kier molecular flexibility index (Phi) is 9.20. The molecular formula is C26H26ClN3O7. The Morgan fingerprint density at radius 3 is 2.30 bits per heavy atom. The lowest BCUT2D eigenvalue weighted by Crippen LogP contribution is -2.26. The molecule has 1 atom stereocenters. The van der Waals surface area contributed by atoms with E-state index in [0.29, 0.717) is 40.3 Å². The zero-order valence-corrected chi connectivity index (χ0v) is 20.6. The third kappa shape index (κ3) is 6.07. The highest BCUT2D eigenvalue weighted by molar-refractivity contribution is 6.09. The van der Waals surface area contributed by atoms with Crippen molar-refractivity contribution in [3.05, 3.63) is 77.8 Å². The molecule has 0 fully saturated rings. The second-order valence-corrected chi connectivity index (χ2v) is 7.99. The Balaban J connectivity index is 0.00000380. The number of pyridine rings is 2. The van der Waals surface area contributed by atoms with Crippen LogP contribution in [0, 0.1) is 5.21 Å². The molecule has 0 radical (unpaired) electrons. The summed E-state index contributed by atoms with van der Waals surface area (Å²) in [5, 5.41) is 39.6. The summed E-state index contributed by atoms with van der Waals surface area (Å²) in [6.07, 6.45) is 2.02. The van der Waals surface area contributed by atoms with Crippen LogP contribution in [-0.2, 0) is 0 Å². The first kappa shape index (κ1) is 27.6. The fraction of sp³-hybridized carbons (Fsp3) is 0.192. The van der Waals surface area contributed by atoms with Gasteiger partial charge in [-0.1, -0.05) is 36.4 Å². The predicted molar refractivity (Wildman–Crippen MR) is 138 cm³/mol. The summed E-state index contributed by atoms with van der Waals surface area (Å²) in [4.78, 5) is 17.1. The number of aromatic nitrogens is 2. The molecule has 37 heavy (non-hydrogen) atoms. The van der Waals surface area contributed by atoms with Gasteiger partial charge in [-0.3, -0.25) is 10.0 Å². The van der Waals surface area contributed by atoms with Crippen molar-refractivity contribution in [1.29, 1.82) is 0 Å². The zero-order valence-electron chi connectivity index (χ0n) is 19.8. The summed E-state index contributed by atoms with van der Waals surface area (Å²) in [5.74, 6) is -0.0444. The van der Waals surface area contributed by atoms with Crippen molar-refractivity contribution in [2.45, 2.75) is 12.5 Å². The van der Waals surface area contributed by atoms with Gasteiger partial charge >= 0.3 is 0 Å². The number of hydroxylamine groups is 1. The summed E-state index contributed by atoms with van der Waals surface area (Å²) in [6.45, 7) is -0.00352. The van der Waals surface area contributed by atoms with E-state index >= 15 is 0 Å². The van der Waals surface area contributed by atoms with Crippen LogP contribution in [0.4, 0.5) is 0 Å². The third-order valence-electron chi connectivity index (χ3n) is 5.66. The summed E-state index contributed by atoms with van der Waals surface area (Å²) in [5.41, 5.74) is 4.93. The molecule has 2 aromatic carbocycles. The van der Waals surface area contributed by atoms with E-state index in [1.165, 1.54) is 25.6 Å². The zero-order chi connectivity index (χ0) is 25.7. The van der Waals surface area contributed by atoms with Crippen molar-refractivity contribution in [2.75, 3.05) is 20.3 Å². The molecule has 1 amide bonds. The Bertz CT molecular complexity index is 1370. The highest BCUT2D eigenvalue weighted by atomic mass is 35.5. The van der Waals surface area contributed by atoms with E-state index in [1.54, 1.807) is 5.48 Å². The normalized spacial score (nSPS) is 11.5. The lowest BCUT2D eigenvalue weighted by atomic mass is 10.00. The first-order valence-corrected chi connectivity index (χ1v) is 11.1. The molecule has 0 aliphatic rings. The van der Waals surface area contributed by atoms with Gasteiger partial charge in [-0.05, 0) is 23.3 Å². The monoisotopic (exact) mass is 527 g/mol. The molecule has 194 valence electrons. The summed E-state index contributed by atoms with van der Waals surface area (Å²) in [6, 6.07) is 16.4. The lowest BCUT2D eigenvalue weighted by Gasteiger charge is -2.15. The van der Waals surface area contributed by atoms with Gasteiger partial charge in [-0.15, -0.1) is 12.4 Å². The molecule has 2 aromatic heterocycles. The molecule has 4 rings (SSSR count). The number of aliphatic hydroxyl groups is 2. The number of benzene rings is 2. The largest absolute Gasteiger partial charge is 0.619 e. The van der Waals surface area contributed by atoms with Crippen LogP contribution >= 0.6 is 12.4 Å². The SMILES string of the molecule is COc1c(-c2ccc(-c3ccc(OCCC(O)CO)cc3)cc2)nc2cc[n+]([O-])cc2c1C(=O)NO.Cl. The lowest BCUT2D eigenvalue weighted by molar-refractivity contribution is -0.603. The highest BCUT2D eigenvalue weighted by Crippen LogP contribution is 2.36. The van der Waals surface area contributed by atoms with Crippen molar-refractivity contribution in [3.63, 3.8) is 0 Å². The summed E-state index contributed by atoms with van der Waals surface area (Å²) < 4.78 is 11.6. The highest BCUT2D eigenvalue weighted by Gasteiger charge is 2.24. The molecule has 1 unspecified atom stereocenters. The van der Waals surface area contributed by atoms with Crippen LogP contribution in [0.1, 0.15) is 16.8 Å². The Hall–Kier alpha value is -3.96. The molecule has 2 heterocycles. The first-order valence-electron chi connectivity index (χ1n) is 11.1. The number of carbonyl (C=O) groups is 1. The molecule has 0 saturated heterocycles. The molecule has 4 aromatic rings. The van der Waals surface area contributed by atoms with Gasteiger partial charge in [0.25, 0.3) is 5.91 Å². The van der Waals surface area contributed by atoms with E-state index in [1.807, 2.05) is 48.5 Å². The summed E-state index contributed by atoms with van der Waals surface area (Å²) >= 11 is 0. The molecule has 0 saturated carbocycles. The van der Waals surface area contributed by atoms with Gasteiger partial charge in [0.05, 0.1) is 37.3 Å². The smallest absolute Gasteiger partial charge is 0.279 e. The van der Waals surface area contributed by atoms with Crippen LogP contribution in [-0.4, -0.2) is 52.7 Å². The van der Waals surface area contributed by atoms with Crippen LogP contribution in [0.25, 0.3) is 33.3 Å². The van der Waals surface area contributed by atoms with Crippen LogP contribution in [0.15, 0.2) is 67.0 Å². The second kappa shape index (κ2) is 12.3. The maximum atomic E-state index is 12.5. The molecule has 11 heteroatoms. The number of carbonyl (C=O) groups excluding carboxylic acids is 1. The maximum absolute atomic E-state index is 12.5. The molecule has 0 aliphatic carbocycles. The second-order valence-electron chi connectivity index (χ2n) is 7.99. The standard InChI is InChI=1S/C26H25N3O7.ClH/c1-35-25-23(26(32)28-33)21-14-29(34)12-10-22(21)27-24(25)18-4-2-16(3-5-18)17-6-8-20(9-7-17)36-13-11-19(31)15-30;/h2-10,12,14,19,30-31,33H,11,13,15H2,1H3,(H,28,32);1H. The molecular weight excluding hydrogens is 502 g/mol. The predicted octanol–water partition coefficient (Wildman–Crippen LogP) is 2.87. The molecule has 0 aliphatic heterocycles. The van der Waals surface area contributed by atoms with Gasteiger partial charge in [0.15, 0.2) is 18.1 Å². The van der Waals surface area contributed by atoms with Crippen molar-refractivity contribution >= 4 is 29.2 Å². The number of hydrogen-bond acceptors (Lipinski definition) is 8. The molecule has 10 nitrogen and oxygen atoms in total. The van der Waals surface area contributed by atoms with E-state index in [0.717, 1.165) is 11.1 Å². The fourth-order valence-electron chi connectivity index (χ4n) is 3.82. The van der Waals surface area contributed by atoms with E-state index in [4.69, 9.17) is 14.6 Å². The van der Waals surface area contributed by atoms with Gasteiger partial charge in [0.2, 0.25) is 0 Å². The minimum atomic E-state index is -0.823. The number of halogens is 1. The first-order chi connectivity index (χ1) is 17.4. The van der Waals surface area contributed by atoms with Crippen LogP contribution in [0.3, 0.4) is 0 Å². The minimum Gasteiger partial charge on any atom is -0.619 e. The minimum absolute atomic E-state index is 0. The number of ether oxygens (including phenoxy) is 2. The van der Waals surface area contributed by atoms with Crippen molar-refractivity contribution in [1.82, 2.24) is 10.5 Å². The van der Waals surface area contributed by atoms with E-state index in [2.05, 4.69) is 4.98 Å². The van der Waals surface area contributed by atoms with Gasteiger partial charge in [-0.25, -0.2) is 10.5 Å². The fourth-order valence-corrected chi connectivity index (χ4v) is 3.82. The number of methoxy groups -OCH3 is 1. The Morgan fingerprint density at radius 1 is 1.08 bits per heavy atom. The number of amides is 1. The van der Waals surface area contributed by atoms with E-state index < -0.39 is 12.0 Å². The third-order valence-corrected chi connectivity index (χ3v) is 5.66. The maximum Gasteiger partial charge on any atom is 0.279 e.